The van der Waals surface area contributed by atoms with E-state index in [1.54, 1.807) is 0 Å². The minimum atomic E-state index is 0.207. The second kappa shape index (κ2) is 5.69. The lowest BCUT2D eigenvalue weighted by molar-refractivity contribution is -0.122. The van der Waals surface area contributed by atoms with Crippen LogP contribution in [0.25, 0.3) is 0 Å². The quantitative estimate of drug-likeness (QED) is 0.815. The van der Waals surface area contributed by atoms with Gasteiger partial charge in [-0.05, 0) is 18.0 Å². The maximum absolute atomic E-state index is 12.0. The number of aromatic nitrogens is 2. The summed E-state index contributed by atoms with van der Waals surface area (Å²) >= 11 is 0. The zero-order valence-corrected chi connectivity index (χ0v) is 11.0. The number of anilines is 1. The fraction of sp³-hybridized carbons (Fsp3) is 0.769. The van der Waals surface area contributed by atoms with Crippen molar-refractivity contribution in [2.75, 3.05) is 31.2 Å². The molecule has 19 heavy (non-hydrogen) atoms. The first-order valence-corrected chi connectivity index (χ1v) is 7.01. The molecule has 1 aromatic heterocycles. The zero-order valence-electron chi connectivity index (χ0n) is 11.0. The van der Waals surface area contributed by atoms with Gasteiger partial charge in [-0.1, -0.05) is 12.8 Å². The summed E-state index contributed by atoms with van der Waals surface area (Å²) in [5.74, 6) is 1.48. The van der Waals surface area contributed by atoms with Crippen molar-refractivity contribution in [3.63, 3.8) is 0 Å². The number of carbonyl (C=O) groups excluding carboxylic acids is 1. The van der Waals surface area contributed by atoms with Crippen LogP contribution in [0.1, 0.15) is 31.6 Å². The average Bonchev–Trinajstić information content (AvgIpc) is 3.11. The smallest absolute Gasteiger partial charge is 0.266 e. The third-order valence-corrected chi connectivity index (χ3v) is 3.89. The molecule has 0 N–H and O–H groups in total. The normalized spacial score (nSPS) is 20.9. The fourth-order valence-electron chi connectivity index (χ4n) is 2.75. The van der Waals surface area contributed by atoms with E-state index in [2.05, 4.69) is 10.1 Å². The summed E-state index contributed by atoms with van der Waals surface area (Å²) in [4.78, 5) is 18.4. The summed E-state index contributed by atoms with van der Waals surface area (Å²) in [6.45, 7) is 2.92. The van der Waals surface area contributed by atoms with Crippen LogP contribution in [0.15, 0.2) is 4.52 Å². The number of ketones is 1. The lowest BCUT2D eigenvalue weighted by atomic mass is 10.0. The van der Waals surface area contributed by atoms with Gasteiger partial charge in [0.25, 0.3) is 5.95 Å². The molecule has 104 valence electrons. The standard InChI is InChI=1S/C13H19N3O3/c17-11(10-3-1-2-4-10)9-12-14-13(15-19-12)16-5-7-18-8-6-16/h10H,1-9H2. The Labute approximate surface area is 112 Å². The Morgan fingerprint density at radius 1 is 1.26 bits per heavy atom. The van der Waals surface area contributed by atoms with Crippen molar-refractivity contribution in [3.8, 4) is 0 Å². The summed E-state index contributed by atoms with van der Waals surface area (Å²) in [5.41, 5.74) is 0. The number of nitrogens with zero attached hydrogens (tertiary/aromatic N) is 3. The van der Waals surface area contributed by atoms with Crippen molar-refractivity contribution in [3.05, 3.63) is 5.89 Å². The summed E-state index contributed by atoms with van der Waals surface area (Å²) in [7, 11) is 0. The molecule has 0 bridgehead atoms. The zero-order chi connectivity index (χ0) is 13.1. The van der Waals surface area contributed by atoms with Gasteiger partial charge in [-0.2, -0.15) is 4.98 Å². The predicted molar refractivity (Wildman–Crippen MR) is 68.0 cm³/mol. The van der Waals surface area contributed by atoms with Gasteiger partial charge in [0.05, 0.1) is 19.6 Å². The van der Waals surface area contributed by atoms with E-state index in [1.165, 1.54) is 12.8 Å². The molecule has 6 heteroatoms. The molecule has 0 radical (unpaired) electrons. The molecule has 6 nitrogen and oxygen atoms in total. The van der Waals surface area contributed by atoms with Crippen LogP contribution >= 0.6 is 0 Å². The molecule has 1 aliphatic carbocycles. The first-order valence-electron chi connectivity index (χ1n) is 7.01. The Bertz CT molecular complexity index is 434. The first kappa shape index (κ1) is 12.6. The van der Waals surface area contributed by atoms with E-state index in [1.807, 2.05) is 4.90 Å². The topological polar surface area (TPSA) is 68.5 Å². The van der Waals surface area contributed by atoms with Crippen LogP contribution in [-0.4, -0.2) is 42.2 Å². The fourth-order valence-corrected chi connectivity index (χ4v) is 2.75. The van der Waals surface area contributed by atoms with E-state index in [-0.39, 0.29) is 18.1 Å². The molecule has 1 aromatic rings. The summed E-state index contributed by atoms with van der Waals surface area (Å²) in [6, 6.07) is 0. The van der Waals surface area contributed by atoms with Crippen LogP contribution in [0.5, 0.6) is 0 Å². The number of carbonyl (C=O) groups is 1. The Morgan fingerprint density at radius 3 is 2.74 bits per heavy atom. The Kier molecular flexibility index (Phi) is 3.77. The van der Waals surface area contributed by atoms with Crippen molar-refractivity contribution in [2.24, 2.45) is 5.92 Å². The largest absolute Gasteiger partial charge is 0.378 e. The van der Waals surface area contributed by atoms with Crippen LogP contribution in [0.3, 0.4) is 0 Å². The molecule has 2 heterocycles. The van der Waals surface area contributed by atoms with Crippen molar-refractivity contribution in [1.29, 1.82) is 0 Å². The van der Waals surface area contributed by atoms with Crippen molar-refractivity contribution >= 4 is 11.7 Å². The lowest BCUT2D eigenvalue weighted by Gasteiger charge is -2.24. The third kappa shape index (κ3) is 2.94. The number of rotatable bonds is 4. The maximum Gasteiger partial charge on any atom is 0.266 e. The summed E-state index contributed by atoms with van der Waals surface area (Å²) in [6.07, 6.45) is 4.65. The molecule has 0 unspecified atom stereocenters. The molecule has 2 fully saturated rings. The summed E-state index contributed by atoms with van der Waals surface area (Å²) in [5, 5.41) is 3.95. The molecule has 1 aliphatic heterocycles. The van der Waals surface area contributed by atoms with E-state index in [0.29, 0.717) is 25.1 Å². The lowest BCUT2D eigenvalue weighted by Crippen LogP contribution is -2.36. The van der Waals surface area contributed by atoms with E-state index in [9.17, 15) is 4.79 Å². The van der Waals surface area contributed by atoms with E-state index >= 15 is 0 Å². The highest BCUT2D eigenvalue weighted by Crippen LogP contribution is 2.26. The second-order valence-electron chi connectivity index (χ2n) is 5.21. The molecular weight excluding hydrogens is 246 g/mol. The van der Waals surface area contributed by atoms with Crippen LogP contribution in [0.2, 0.25) is 0 Å². The van der Waals surface area contributed by atoms with Gasteiger partial charge < -0.3 is 14.2 Å². The van der Waals surface area contributed by atoms with Gasteiger partial charge >= 0.3 is 0 Å². The molecule has 0 amide bonds. The number of ether oxygens (including phenoxy) is 1. The number of morpholine rings is 1. The number of Topliss-reactive ketones (excluding diaryl/α,β-unsaturated/α-hetero) is 1. The highest BCUT2D eigenvalue weighted by Gasteiger charge is 2.25. The SMILES string of the molecule is O=C(Cc1nc(N2CCOCC2)no1)C1CCCC1. The van der Waals surface area contributed by atoms with Crippen LogP contribution in [0.4, 0.5) is 5.95 Å². The molecule has 0 atom stereocenters. The van der Waals surface area contributed by atoms with Gasteiger partial charge in [0.15, 0.2) is 0 Å². The second-order valence-corrected chi connectivity index (χ2v) is 5.21. The van der Waals surface area contributed by atoms with E-state index < -0.39 is 0 Å². The van der Waals surface area contributed by atoms with Crippen molar-refractivity contribution in [1.82, 2.24) is 10.1 Å². The first-order chi connectivity index (χ1) is 9.33. The maximum atomic E-state index is 12.0. The Hall–Kier alpha value is -1.43. The molecular formula is C13H19N3O3. The van der Waals surface area contributed by atoms with Gasteiger partial charge in [0.2, 0.25) is 5.89 Å². The van der Waals surface area contributed by atoms with Gasteiger partial charge in [-0.3, -0.25) is 4.79 Å². The van der Waals surface area contributed by atoms with Crippen LogP contribution < -0.4 is 4.90 Å². The Morgan fingerprint density at radius 2 is 2.00 bits per heavy atom. The third-order valence-electron chi connectivity index (χ3n) is 3.89. The molecule has 3 rings (SSSR count). The van der Waals surface area contributed by atoms with E-state index in [0.717, 1.165) is 25.9 Å². The highest BCUT2D eigenvalue weighted by atomic mass is 16.5. The molecule has 0 spiro atoms. The van der Waals surface area contributed by atoms with Gasteiger partial charge in [0, 0.05) is 19.0 Å². The van der Waals surface area contributed by atoms with Gasteiger partial charge in [-0.15, -0.1) is 0 Å². The van der Waals surface area contributed by atoms with Crippen LogP contribution in [0, 0.1) is 5.92 Å². The van der Waals surface area contributed by atoms with E-state index in [4.69, 9.17) is 9.26 Å². The summed E-state index contributed by atoms with van der Waals surface area (Å²) < 4.78 is 10.5. The Balaban J connectivity index is 1.59. The minimum Gasteiger partial charge on any atom is -0.378 e. The predicted octanol–water partition coefficient (Wildman–Crippen LogP) is 1.21. The molecule has 0 aromatic carbocycles. The number of hydrogen-bond donors (Lipinski definition) is 0. The number of hydrogen-bond acceptors (Lipinski definition) is 6. The average molecular weight is 265 g/mol. The van der Waals surface area contributed by atoms with Gasteiger partial charge in [-0.25, -0.2) is 0 Å². The van der Waals surface area contributed by atoms with Gasteiger partial charge in [0.1, 0.15) is 5.78 Å². The highest BCUT2D eigenvalue weighted by molar-refractivity contribution is 5.82. The minimum absolute atomic E-state index is 0.207. The van der Waals surface area contributed by atoms with Crippen LogP contribution in [-0.2, 0) is 16.0 Å². The monoisotopic (exact) mass is 265 g/mol. The van der Waals surface area contributed by atoms with Crippen molar-refractivity contribution in [2.45, 2.75) is 32.1 Å². The van der Waals surface area contributed by atoms with Crippen molar-refractivity contribution < 1.29 is 14.1 Å². The molecule has 2 aliphatic rings. The molecule has 1 saturated carbocycles. The molecule has 1 saturated heterocycles.